The topological polar surface area (TPSA) is 43.8 Å². The first-order valence-electron chi connectivity index (χ1n) is 11.7. The normalized spacial score (nSPS) is 16.0. The second-order valence-corrected chi connectivity index (χ2v) is 8.67. The maximum absolute atomic E-state index is 4.84. The van der Waals surface area contributed by atoms with E-state index in [4.69, 9.17) is 4.99 Å². The Labute approximate surface area is 190 Å². The molecule has 0 unspecified atom stereocenters. The van der Waals surface area contributed by atoms with Crippen molar-refractivity contribution in [2.75, 3.05) is 42.9 Å². The second kappa shape index (κ2) is 9.53. The Hall–Kier alpha value is -3.18. The van der Waals surface area contributed by atoms with Gasteiger partial charge in [-0.1, -0.05) is 25.5 Å². The number of amidine groups is 1. The van der Waals surface area contributed by atoms with Crippen LogP contribution in [0.15, 0.2) is 72.0 Å². The fraction of sp³-hybridized carbons (Fsp3) is 0.333. The third kappa shape index (κ3) is 4.68. The summed E-state index contributed by atoms with van der Waals surface area (Å²) in [6.07, 6.45) is 7.07. The van der Waals surface area contributed by atoms with E-state index in [9.17, 15) is 0 Å². The number of unbranched alkanes of at least 4 members (excludes halogenated alkanes) is 1. The van der Waals surface area contributed by atoms with Gasteiger partial charge in [-0.3, -0.25) is 9.88 Å². The third-order valence-electron chi connectivity index (χ3n) is 6.41. The highest BCUT2D eigenvalue weighted by Gasteiger charge is 2.18. The predicted molar refractivity (Wildman–Crippen MR) is 134 cm³/mol. The van der Waals surface area contributed by atoms with E-state index in [-0.39, 0.29) is 0 Å². The number of nitrogens with one attached hydrogen (secondary N) is 1. The lowest BCUT2D eigenvalue weighted by Gasteiger charge is -2.36. The van der Waals surface area contributed by atoms with Gasteiger partial charge >= 0.3 is 0 Å². The molecule has 0 amide bonds. The highest BCUT2D eigenvalue weighted by Crippen LogP contribution is 2.32. The summed E-state index contributed by atoms with van der Waals surface area (Å²) in [6, 6.07) is 19.4. The zero-order valence-corrected chi connectivity index (χ0v) is 18.8. The maximum atomic E-state index is 4.84. The van der Waals surface area contributed by atoms with Gasteiger partial charge in [0.15, 0.2) is 0 Å². The molecule has 1 N–H and O–H groups in total. The fourth-order valence-corrected chi connectivity index (χ4v) is 4.56. The zero-order chi connectivity index (χ0) is 21.8. The van der Waals surface area contributed by atoms with Gasteiger partial charge in [-0.25, -0.2) is 4.99 Å². The minimum atomic E-state index is 0.828. The summed E-state index contributed by atoms with van der Waals surface area (Å²) in [5.74, 6) is 1.01. The summed E-state index contributed by atoms with van der Waals surface area (Å²) in [5, 5.41) is 3.57. The summed E-state index contributed by atoms with van der Waals surface area (Å²) in [7, 11) is 0. The van der Waals surface area contributed by atoms with Crippen LogP contribution in [0.1, 0.15) is 25.3 Å². The Bertz CT molecular complexity index is 1080. The number of pyridine rings is 1. The summed E-state index contributed by atoms with van der Waals surface area (Å²) in [6.45, 7) is 7.99. The third-order valence-corrected chi connectivity index (χ3v) is 6.41. The number of nitrogens with zero attached hydrogens (tertiary/aromatic N) is 4. The molecule has 0 bridgehead atoms. The van der Waals surface area contributed by atoms with E-state index in [1.807, 2.05) is 24.5 Å². The molecule has 32 heavy (non-hydrogen) atoms. The molecule has 0 spiro atoms. The van der Waals surface area contributed by atoms with E-state index in [1.54, 1.807) is 0 Å². The van der Waals surface area contributed by atoms with Gasteiger partial charge in [0.1, 0.15) is 5.84 Å². The lowest BCUT2D eigenvalue weighted by molar-refractivity contribution is 0.254. The number of rotatable bonds is 6. The molecule has 5 nitrogen and oxygen atoms in total. The standard InChI is InChI=1S/C27H31N5/c1-2-3-13-31-14-16-32(17-15-31)25-6-4-5-24(20-25)29-27-19-23-18-22(7-8-26(23)30-27)21-9-11-28-12-10-21/h4-12,18,20H,2-3,13-17,19H2,1H3,(H,29,30). The molecule has 0 saturated carbocycles. The number of fused-ring (bicyclic) bond motifs is 1. The number of aromatic nitrogens is 1. The fourth-order valence-electron chi connectivity index (χ4n) is 4.56. The molecule has 3 aromatic rings. The molecular weight excluding hydrogens is 394 g/mol. The zero-order valence-electron chi connectivity index (χ0n) is 18.8. The van der Waals surface area contributed by atoms with Gasteiger partial charge in [0.05, 0.1) is 5.69 Å². The first-order chi connectivity index (χ1) is 15.8. The van der Waals surface area contributed by atoms with E-state index in [1.165, 1.54) is 41.8 Å². The Balaban J connectivity index is 1.22. The second-order valence-electron chi connectivity index (χ2n) is 8.67. The van der Waals surface area contributed by atoms with Crippen LogP contribution < -0.4 is 10.2 Å². The van der Waals surface area contributed by atoms with Crippen molar-refractivity contribution in [2.24, 2.45) is 4.99 Å². The van der Waals surface area contributed by atoms with Crippen molar-refractivity contribution in [3.05, 3.63) is 72.6 Å². The van der Waals surface area contributed by atoms with Crippen molar-refractivity contribution in [1.29, 1.82) is 0 Å². The number of hydrogen-bond donors (Lipinski definition) is 1. The van der Waals surface area contributed by atoms with Crippen LogP contribution in [0.25, 0.3) is 11.1 Å². The number of hydrogen-bond acceptors (Lipinski definition) is 5. The van der Waals surface area contributed by atoms with Gasteiger partial charge in [-0.15, -0.1) is 0 Å². The van der Waals surface area contributed by atoms with E-state index < -0.39 is 0 Å². The van der Waals surface area contributed by atoms with Crippen molar-refractivity contribution < 1.29 is 0 Å². The Kier molecular flexibility index (Phi) is 6.17. The van der Waals surface area contributed by atoms with Gasteiger partial charge in [0.2, 0.25) is 0 Å². The summed E-state index contributed by atoms with van der Waals surface area (Å²) < 4.78 is 0. The van der Waals surface area contributed by atoms with Crippen LogP contribution in [0.5, 0.6) is 0 Å². The van der Waals surface area contributed by atoms with Gasteiger partial charge < -0.3 is 10.2 Å². The number of anilines is 2. The van der Waals surface area contributed by atoms with Crippen LogP contribution in [0.2, 0.25) is 0 Å². The lowest BCUT2D eigenvalue weighted by Crippen LogP contribution is -2.46. The minimum Gasteiger partial charge on any atom is -0.369 e. The smallest absolute Gasteiger partial charge is 0.111 e. The molecule has 0 aliphatic carbocycles. The van der Waals surface area contributed by atoms with E-state index in [2.05, 4.69) is 69.5 Å². The molecule has 0 atom stereocenters. The molecule has 2 aliphatic rings. The average Bonchev–Trinajstić information content (AvgIpc) is 3.25. The highest BCUT2D eigenvalue weighted by atomic mass is 15.3. The van der Waals surface area contributed by atoms with Crippen LogP contribution in [-0.2, 0) is 6.42 Å². The average molecular weight is 426 g/mol. The number of aliphatic imine (C=N–C) groups is 1. The molecule has 0 radical (unpaired) electrons. The summed E-state index contributed by atoms with van der Waals surface area (Å²) in [4.78, 5) is 14.0. The Morgan fingerprint density at radius 1 is 0.906 bits per heavy atom. The van der Waals surface area contributed by atoms with E-state index >= 15 is 0 Å². The molecular formula is C27H31N5. The predicted octanol–water partition coefficient (Wildman–Crippen LogP) is 5.37. The van der Waals surface area contributed by atoms with E-state index in [0.717, 1.165) is 49.8 Å². The van der Waals surface area contributed by atoms with Crippen LogP contribution in [0.3, 0.4) is 0 Å². The Morgan fingerprint density at radius 2 is 1.75 bits per heavy atom. The van der Waals surface area contributed by atoms with Gasteiger partial charge in [0.25, 0.3) is 0 Å². The quantitative estimate of drug-likeness (QED) is 0.577. The largest absolute Gasteiger partial charge is 0.369 e. The SMILES string of the molecule is CCCCN1CCN(c2cccc(NC3=Nc4ccc(-c5ccncc5)cc4C3)c2)CC1. The van der Waals surface area contributed by atoms with Crippen LogP contribution in [0, 0.1) is 0 Å². The van der Waals surface area contributed by atoms with Crippen LogP contribution in [0.4, 0.5) is 17.1 Å². The van der Waals surface area contributed by atoms with E-state index in [0.29, 0.717) is 0 Å². The van der Waals surface area contributed by atoms with Crippen LogP contribution in [-0.4, -0.2) is 48.4 Å². The molecule has 3 heterocycles. The highest BCUT2D eigenvalue weighted by molar-refractivity contribution is 6.02. The van der Waals surface area contributed by atoms with Crippen molar-refractivity contribution in [2.45, 2.75) is 26.2 Å². The first-order valence-corrected chi connectivity index (χ1v) is 11.7. The van der Waals surface area contributed by atoms with Gasteiger partial charge in [-0.05, 0) is 72.1 Å². The molecule has 1 saturated heterocycles. The molecule has 2 aliphatic heterocycles. The van der Waals surface area contributed by atoms with Gasteiger partial charge in [0, 0.05) is 56.4 Å². The first kappa shape index (κ1) is 20.7. The number of piperazine rings is 1. The number of benzene rings is 2. The van der Waals surface area contributed by atoms with Gasteiger partial charge in [-0.2, -0.15) is 0 Å². The van der Waals surface area contributed by atoms with Crippen molar-refractivity contribution in [3.63, 3.8) is 0 Å². The van der Waals surface area contributed by atoms with Crippen molar-refractivity contribution in [1.82, 2.24) is 9.88 Å². The van der Waals surface area contributed by atoms with Crippen LogP contribution >= 0.6 is 0 Å². The molecule has 2 aromatic carbocycles. The molecule has 5 rings (SSSR count). The van der Waals surface area contributed by atoms with Crippen molar-refractivity contribution >= 4 is 22.9 Å². The Morgan fingerprint density at radius 3 is 2.56 bits per heavy atom. The molecule has 1 fully saturated rings. The molecule has 164 valence electrons. The lowest BCUT2D eigenvalue weighted by atomic mass is 10.0. The molecule has 1 aromatic heterocycles. The monoisotopic (exact) mass is 425 g/mol. The summed E-state index contributed by atoms with van der Waals surface area (Å²) in [5.41, 5.74) is 7.12. The summed E-state index contributed by atoms with van der Waals surface area (Å²) >= 11 is 0. The molecule has 5 heteroatoms. The maximum Gasteiger partial charge on any atom is 0.111 e. The van der Waals surface area contributed by atoms with Crippen molar-refractivity contribution in [3.8, 4) is 11.1 Å². The minimum absolute atomic E-state index is 0.828.